The van der Waals surface area contributed by atoms with E-state index < -0.39 is 6.04 Å². The average molecular weight is 397 g/mol. The maximum atomic E-state index is 12.2. The van der Waals surface area contributed by atoms with E-state index in [9.17, 15) is 9.59 Å². The molecule has 3 N–H and O–H groups in total. The molecule has 2 atom stereocenters. The molecule has 0 spiro atoms. The lowest BCUT2D eigenvalue weighted by Crippen LogP contribution is -2.47. The Kier molecular flexibility index (Phi) is 9.66. The fourth-order valence-electron chi connectivity index (χ4n) is 1.97. The van der Waals surface area contributed by atoms with E-state index in [-0.39, 0.29) is 42.7 Å². The van der Waals surface area contributed by atoms with Gasteiger partial charge in [-0.25, -0.2) is 0 Å². The number of benzene rings is 1. The van der Waals surface area contributed by atoms with Crippen molar-refractivity contribution < 1.29 is 9.59 Å². The molecule has 0 aliphatic rings. The first-order valence-electron chi connectivity index (χ1n) is 7.39. The number of hydrogen-bond donors (Lipinski definition) is 2. The summed E-state index contributed by atoms with van der Waals surface area (Å²) in [6, 6.07) is 4.27. The van der Waals surface area contributed by atoms with Crippen molar-refractivity contribution in [3.8, 4) is 0 Å². The highest BCUT2D eigenvalue weighted by Crippen LogP contribution is 2.28. The third kappa shape index (κ3) is 6.13. The van der Waals surface area contributed by atoms with Crippen molar-refractivity contribution >= 4 is 47.4 Å². The summed E-state index contributed by atoms with van der Waals surface area (Å²) in [4.78, 5) is 25.6. The van der Waals surface area contributed by atoms with Crippen LogP contribution < -0.4 is 11.1 Å². The number of likely N-dealkylation sites (N-methyl/N-ethyl adjacent to an activating group) is 1. The van der Waals surface area contributed by atoms with Gasteiger partial charge in [-0.15, -0.1) is 12.4 Å². The lowest BCUT2D eigenvalue weighted by atomic mass is 10.1. The molecule has 0 saturated heterocycles. The molecule has 0 saturated carbocycles. The molecule has 2 amide bonds. The molecule has 0 aliphatic heterocycles. The Morgan fingerprint density at radius 2 is 1.83 bits per heavy atom. The summed E-state index contributed by atoms with van der Waals surface area (Å²) < 4.78 is 0. The summed E-state index contributed by atoms with van der Waals surface area (Å²) in [5, 5.41) is 3.60. The van der Waals surface area contributed by atoms with Crippen molar-refractivity contribution in [1.29, 1.82) is 0 Å². The highest BCUT2D eigenvalue weighted by Gasteiger charge is 2.22. The van der Waals surface area contributed by atoms with E-state index in [0.717, 1.165) is 5.56 Å². The number of nitrogens with one attached hydrogen (secondary N) is 1. The predicted molar refractivity (Wildman–Crippen MR) is 101 cm³/mol. The Hall–Kier alpha value is -1.01. The van der Waals surface area contributed by atoms with Gasteiger partial charge < -0.3 is 16.0 Å². The van der Waals surface area contributed by atoms with Crippen molar-refractivity contribution in [2.75, 3.05) is 13.6 Å². The first kappa shape index (κ1) is 23.0. The van der Waals surface area contributed by atoms with Crippen LogP contribution in [-0.4, -0.2) is 36.3 Å². The van der Waals surface area contributed by atoms with E-state index >= 15 is 0 Å². The SMILES string of the molecule is CC(C)[C@H](N)C(=O)NCC(=O)N(C)C(C)c1ccc(Cl)cc1Cl.Cl. The normalized spacial score (nSPS) is 13.0. The fourth-order valence-corrected chi connectivity index (χ4v) is 2.54. The topological polar surface area (TPSA) is 75.4 Å². The van der Waals surface area contributed by atoms with Gasteiger partial charge in [0.2, 0.25) is 11.8 Å². The Morgan fingerprint density at radius 1 is 1.25 bits per heavy atom. The summed E-state index contributed by atoms with van der Waals surface area (Å²) >= 11 is 12.0. The number of nitrogens with zero attached hydrogens (tertiary/aromatic N) is 1. The maximum absolute atomic E-state index is 12.2. The zero-order valence-corrected chi connectivity index (χ0v) is 16.5. The zero-order chi connectivity index (χ0) is 17.7. The molecular formula is C16H24Cl3N3O2. The van der Waals surface area contributed by atoms with E-state index in [1.54, 1.807) is 25.2 Å². The molecule has 0 heterocycles. The first-order chi connectivity index (χ1) is 10.6. The zero-order valence-electron chi connectivity index (χ0n) is 14.2. The van der Waals surface area contributed by atoms with Gasteiger partial charge >= 0.3 is 0 Å². The number of amides is 2. The predicted octanol–water partition coefficient (Wildman–Crippen LogP) is 3.03. The van der Waals surface area contributed by atoms with Crippen molar-refractivity contribution in [2.45, 2.75) is 32.9 Å². The second-order valence-corrected chi connectivity index (χ2v) is 6.68. The summed E-state index contributed by atoms with van der Waals surface area (Å²) in [5.41, 5.74) is 6.53. The van der Waals surface area contributed by atoms with Crippen LogP contribution in [0.5, 0.6) is 0 Å². The molecule has 0 fully saturated rings. The summed E-state index contributed by atoms with van der Waals surface area (Å²) in [6.07, 6.45) is 0. The van der Waals surface area contributed by atoms with Crippen LogP contribution in [0.1, 0.15) is 32.4 Å². The minimum Gasteiger partial charge on any atom is -0.346 e. The highest BCUT2D eigenvalue weighted by molar-refractivity contribution is 6.35. The van der Waals surface area contributed by atoms with Gasteiger partial charge in [-0.2, -0.15) is 0 Å². The van der Waals surface area contributed by atoms with E-state index in [1.807, 2.05) is 20.8 Å². The van der Waals surface area contributed by atoms with Crippen molar-refractivity contribution in [1.82, 2.24) is 10.2 Å². The van der Waals surface area contributed by atoms with Gasteiger partial charge in [0.1, 0.15) is 0 Å². The van der Waals surface area contributed by atoms with Gasteiger partial charge in [-0.1, -0.05) is 43.1 Å². The molecular weight excluding hydrogens is 373 g/mol. The van der Waals surface area contributed by atoms with Crippen LogP contribution in [0.2, 0.25) is 10.0 Å². The monoisotopic (exact) mass is 395 g/mol. The molecule has 0 aliphatic carbocycles. The fraction of sp³-hybridized carbons (Fsp3) is 0.500. The van der Waals surface area contributed by atoms with Gasteiger partial charge in [0.15, 0.2) is 0 Å². The van der Waals surface area contributed by atoms with Crippen molar-refractivity contribution in [3.63, 3.8) is 0 Å². The van der Waals surface area contributed by atoms with E-state index in [1.165, 1.54) is 4.90 Å². The Labute approximate surface area is 159 Å². The van der Waals surface area contributed by atoms with Crippen LogP contribution >= 0.6 is 35.6 Å². The minimum atomic E-state index is -0.628. The number of hydrogen-bond acceptors (Lipinski definition) is 3. The third-order valence-corrected chi connectivity index (χ3v) is 4.38. The highest BCUT2D eigenvalue weighted by atomic mass is 35.5. The number of carbonyl (C=O) groups excluding carboxylic acids is 2. The molecule has 0 radical (unpaired) electrons. The lowest BCUT2D eigenvalue weighted by molar-refractivity contribution is -0.133. The second kappa shape index (κ2) is 10.1. The Balaban J connectivity index is 0.00000529. The summed E-state index contributed by atoms with van der Waals surface area (Å²) in [6.45, 7) is 5.45. The van der Waals surface area contributed by atoms with Gasteiger partial charge in [0, 0.05) is 17.1 Å². The molecule has 0 aromatic heterocycles. The van der Waals surface area contributed by atoms with Gasteiger partial charge in [0.25, 0.3) is 0 Å². The Morgan fingerprint density at radius 3 is 2.33 bits per heavy atom. The molecule has 0 bridgehead atoms. The number of rotatable bonds is 6. The quantitative estimate of drug-likeness (QED) is 0.776. The maximum Gasteiger partial charge on any atom is 0.242 e. The third-order valence-electron chi connectivity index (χ3n) is 3.82. The molecule has 136 valence electrons. The molecule has 8 heteroatoms. The van der Waals surface area contributed by atoms with Crippen molar-refractivity contribution in [3.05, 3.63) is 33.8 Å². The van der Waals surface area contributed by atoms with Crippen molar-refractivity contribution in [2.24, 2.45) is 11.7 Å². The van der Waals surface area contributed by atoms with Gasteiger partial charge in [-0.05, 0) is 30.5 Å². The van der Waals surface area contributed by atoms with Gasteiger partial charge in [-0.3, -0.25) is 9.59 Å². The lowest BCUT2D eigenvalue weighted by Gasteiger charge is -2.26. The Bertz CT molecular complexity index is 582. The van der Waals surface area contributed by atoms with Crippen LogP contribution in [0.15, 0.2) is 18.2 Å². The van der Waals surface area contributed by atoms with E-state index in [2.05, 4.69) is 5.32 Å². The molecule has 1 rings (SSSR count). The largest absolute Gasteiger partial charge is 0.346 e. The van der Waals surface area contributed by atoms with Crippen LogP contribution in [0, 0.1) is 5.92 Å². The molecule has 1 aromatic carbocycles. The van der Waals surface area contributed by atoms with Crippen LogP contribution in [0.3, 0.4) is 0 Å². The standard InChI is InChI=1S/C16H23Cl2N3O2.ClH/c1-9(2)15(19)16(23)20-8-14(22)21(4)10(3)12-6-5-11(17)7-13(12)18;/h5-7,9-10,15H,8,19H2,1-4H3,(H,20,23);1H/t10?,15-;/m0./s1. The van der Waals surface area contributed by atoms with Crippen LogP contribution in [0.25, 0.3) is 0 Å². The van der Waals surface area contributed by atoms with Gasteiger partial charge in [0.05, 0.1) is 18.6 Å². The van der Waals surface area contributed by atoms with E-state index in [4.69, 9.17) is 28.9 Å². The average Bonchev–Trinajstić information content (AvgIpc) is 2.49. The molecule has 5 nitrogen and oxygen atoms in total. The number of halogens is 3. The minimum absolute atomic E-state index is 0. The molecule has 1 aromatic rings. The first-order valence-corrected chi connectivity index (χ1v) is 8.14. The smallest absolute Gasteiger partial charge is 0.242 e. The summed E-state index contributed by atoms with van der Waals surface area (Å²) in [5.74, 6) is -0.554. The molecule has 24 heavy (non-hydrogen) atoms. The molecule has 1 unspecified atom stereocenters. The van der Waals surface area contributed by atoms with E-state index in [0.29, 0.717) is 10.0 Å². The number of nitrogens with two attached hydrogens (primary N) is 1. The second-order valence-electron chi connectivity index (χ2n) is 5.83. The van der Waals surface area contributed by atoms with Crippen LogP contribution in [0.4, 0.5) is 0 Å². The van der Waals surface area contributed by atoms with Crippen LogP contribution in [-0.2, 0) is 9.59 Å². The number of carbonyl (C=O) groups is 2. The summed E-state index contributed by atoms with van der Waals surface area (Å²) in [7, 11) is 1.66.